The van der Waals surface area contributed by atoms with E-state index in [9.17, 15) is 9.90 Å². The first-order valence-corrected chi connectivity index (χ1v) is 7.41. The highest BCUT2D eigenvalue weighted by Gasteiger charge is 2.24. The van der Waals surface area contributed by atoms with E-state index < -0.39 is 5.97 Å². The molecule has 0 radical (unpaired) electrons. The molecule has 1 N–H and O–H groups in total. The topological polar surface area (TPSA) is 37.3 Å². The van der Waals surface area contributed by atoms with Crippen LogP contribution in [0.4, 0.5) is 0 Å². The maximum absolute atomic E-state index is 11.5. The fraction of sp³-hybridized carbons (Fsp3) is 0.312. The van der Waals surface area contributed by atoms with Crippen molar-refractivity contribution < 1.29 is 9.90 Å². The number of hydrogen-bond acceptors (Lipinski definition) is 1. The summed E-state index contributed by atoms with van der Waals surface area (Å²) in [7, 11) is 0. The predicted octanol–water partition coefficient (Wildman–Crippen LogP) is 4.96. The minimum Gasteiger partial charge on any atom is -0.478 e. The van der Waals surface area contributed by atoms with Crippen LogP contribution in [0.25, 0.3) is 10.8 Å². The molecule has 2 nitrogen and oxygen atoms in total. The van der Waals surface area contributed by atoms with Gasteiger partial charge in [0.1, 0.15) is 0 Å². The monoisotopic (exact) mass is 318 g/mol. The lowest BCUT2D eigenvalue weighted by Gasteiger charge is -2.16. The average Bonchev–Trinajstić information content (AvgIpc) is 2.90. The van der Waals surface area contributed by atoms with Crippen LogP contribution in [0.2, 0.25) is 0 Å². The maximum Gasteiger partial charge on any atom is 0.335 e. The summed E-state index contributed by atoms with van der Waals surface area (Å²) in [5.41, 5.74) is 1.50. The van der Waals surface area contributed by atoms with E-state index in [1.165, 1.54) is 12.8 Å². The van der Waals surface area contributed by atoms with Gasteiger partial charge in [-0.25, -0.2) is 4.79 Å². The molecule has 1 saturated carbocycles. The van der Waals surface area contributed by atoms with Crippen molar-refractivity contribution in [3.8, 4) is 0 Å². The Labute approximate surface area is 120 Å². The summed E-state index contributed by atoms with van der Waals surface area (Å²) in [6.45, 7) is 0. The van der Waals surface area contributed by atoms with Crippen LogP contribution in [0.5, 0.6) is 0 Å². The van der Waals surface area contributed by atoms with Crippen LogP contribution < -0.4 is 0 Å². The Morgan fingerprint density at radius 1 is 1.16 bits per heavy atom. The van der Waals surface area contributed by atoms with Crippen LogP contribution >= 0.6 is 15.9 Å². The predicted molar refractivity (Wildman–Crippen MR) is 79.8 cm³/mol. The van der Waals surface area contributed by atoms with E-state index in [0.29, 0.717) is 11.5 Å². The highest BCUT2D eigenvalue weighted by Crippen LogP contribution is 2.40. The van der Waals surface area contributed by atoms with Crippen molar-refractivity contribution in [1.82, 2.24) is 0 Å². The zero-order valence-corrected chi connectivity index (χ0v) is 12.1. The van der Waals surface area contributed by atoms with Crippen molar-refractivity contribution in [2.24, 2.45) is 0 Å². The van der Waals surface area contributed by atoms with E-state index in [1.807, 2.05) is 18.2 Å². The van der Waals surface area contributed by atoms with Gasteiger partial charge < -0.3 is 5.11 Å². The zero-order valence-electron chi connectivity index (χ0n) is 10.5. The molecule has 0 heterocycles. The Kier molecular flexibility index (Phi) is 3.31. The van der Waals surface area contributed by atoms with E-state index in [2.05, 4.69) is 22.0 Å². The summed E-state index contributed by atoms with van der Waals surface area (Å²) in [6, 6.07) is 9.76. The van der Waals surface area contributed by atoms with Gasteiger partial charge >= 0.3 is 5.97 Å². The fourth-order valence-electron chi connectivity index (χ4n) is 3.16. The molecule has 3 heteroatoms. The molecule has 1 fully saturated rings. The number of fused-ring (bicyclic) bond motifs is 1. The van der Waals surface area contributed by atoms with Crippen molar-refractivity contribution in [3.05, 3.63) is 45.9 Å². The first-order valence-electron chi connectivity index (χ1n) is 6.62. The van der Waals surface area contributed by atoms with Crippen molar-refractivity contribution >= 4 is 32.7 Å². The maximum atomic E-state index is 11.5. The van der Waals surface area contributed by atoms with Crippen LogP contribution in [-0.4, -0.2) is 11.1 Å². The average molecular weight is 319 g/mol. The molecule has 2 aromatic carbocycles. The quantitative estimate of drug-likeness (QED) is 0.849. The number of carboxylic acids is 1. The molecule has 2 aromatic rings. The molecule has 0 aromatic heterocycles. The third-order valence-corrected chi connectivity index (χ3v) is 4.51. The molecular weight excluding hydrogens is 304 g/mol. The number of rotatable bonds is 2. The molecule has 3 rings (SSSR count). The van der Waals surface area contributed by atoms with Gasteiger partial charge in [0.2, 0.25) is 0 Å². The lowest BCUT2D eigenvalue weighted by Crippen LogP contribution is -2.06. The molecule has 0 bridgehead atoms. The zero-order chi connectivity index (χ0) is 13.4. The Morgan fingerprint density at radius 2 is 1.84 bits per heavy atom. The largest absolute Gasteiger partial charge is 0.478 e. The summed E-state index contributed by atoms with van der Waals surface area (Å²) in [6.07, 6.45) is 4.61. The highest BCUT2D eigenvalue weighted by molar-refractivity contribution is 9.10. The summed E-state index contributed by atoms with van der Waals surface area (Å²) in [4.78, 5) is 11.5. The first kappa shape index (κ1) is 12.7. The lowest BCUT2D eigenvalue weighted by molar-refractivity contribution is 0.0695. The van der Waals surface area contributed by atoms with Crippen LogP contribution in [0.3, 0.4) is 0 Å². The van der Waals surface area contributed by atoms with E-state index in [-0.39, 0.29) is 0 Å². The molecule has 0 aliphatic heterocycles. The third kappa shape index (κ3) is 2.27. The molecule has 1 aliphatic rings. The van der Waals surface area contributed by atoms with Crippen LogP contribution in [-0.2, 0) is 0 Å². The first-order chi connectivity index (χ1) is 9.16. The van der Waals surface area contributed by atoms with Crippen molar-refractivity contribution in [3.63, 3.8) is 0 Å². The van der Waals surface area contributed by atoms with Gasteiger partial charge in [-0.2, -0.15) is 0 Å². The Bertz CT molecular complexity index is 642. The van der Waals surface area contributed by atoms with Gasteiger partial charge in [-0.15, -0.1) is 0 Å². The number of carboxylic acid groups (broad SMARTS) is 1. The van der Waals surface area contributed by atoms with Gasteiger partial charge in [0, 0.05) is 4.47 Å². The molecule has 19 heavy (non-hydrogen) atoms. The van der Waals surface area contributed by atoms with E-state index in [4.69, 9.17) is 0 Å². The number of carbonyl (C=O) groups is 1. The van der Waals surface area contributed by atoms with Crippen LogP contribution in [0, 0.1) is 0 Å². The van der Waals surface area contributed by atoms with Crippen molar-refractivity contribution in [2.75, 3.05) is 0 Å². The van der Waals surface area contributed by atoms with Gasteiger partial charge in [-0.05, 0) is 53.3 Å². The second-order valence-corrected chi connectivity index (χ2v) is 6.09. The fourth-order valence-corrected chi connectivity index (χ4v) is 3.52. The number of aromatic carboxylic acids is 1. The van der Waals surface area contributed by atoms with Gasteiger partial charge in [0.25, 0.3) is 0 Å². The lowest BCUT2D eigenvalue weighted by atomic mass is 9.88. The molecule has 98 valence electrons. The molecule has 0 saturated heterocycles. The molecule has 0 spiro atoms. The summed E-state index contributed by atoms with van der Waals surface area (Å²) in [5.74, 6) is -0.423. The molecule has 0 amide bonds. The van der Waals surface area contributed by atoms with Crippen LogP contribution in [0.15, 0.2) is 34.8 Å². The van der Waals surface area contributed by atoms with Gasteiger partial charge in [-0.3, -0.25) is 0 Å². The number of hydrogen-bond donors (Lipinski definition) is 1. The molecule has 1 aliphatic carbocycles. The minimum atomic E-state index is -0.816. The summed E-state index contributed by atoms with van der Waals surface area (Å²) < 4.78 is 1.00. The summed E-state index contributed by atoms with van der Waals surface area (Å²) in [5, 5.41) is 11.6. The Morgan fingerprint density at radius 3 is 2.53 bits per heavy atom. The van der Waals surface area contributed by atoms with Gasteiger partial charge in [0.15, 0.2) is 0 Å². The minimum absolute atomic E-state index is 0.393. The number of halogens is 1. The smallest absolute Gasteiger partial charge is 0.335 e. The normalized spacial score (nSPS) is 16.1. The molecule has 0 unspecified atom stereocenters. The highest BCUT2D eigenvalue weighted by atomic mass is 79.9. The summed E-state index contributed by atoms with van der Waals surface area (Å²) >= 11 is 3.49. The second-order valence-electron chi connectivity index (χ2n) is 5.18. The van der Waals surface area contributed by atoms with E-state index in [1.54, 1.807) is 6.07 Å². The van der Waals surface area contributed by atoms with Gasteiger partial charge in [0.05, 0.1) is 5.56 Å². The van der Waals surface area contributed by atoms with E-state index in [0.717, 1.165) is 33.7 Å². The van der Waals surface area contributed by atoms with Crippen molar-refractivity contribution in [2.45, 2.75) is 31.6 Å². The molecule has 0 atom stereocenters. The van der Waals surface area contributed by atoms with Crippen LogP contribution in [0.1, 0.15) is 47.5 Å². The Hall–Kier alpha value is -1.35. The van der Waals surface area contributed by atoms with E-state index >= 15 is 0 Å². The second kappa shape index (κ2) is 4.97. The van der Waals surface area contributed by atoms with Gasteiger partial charge in [-0.1, -0.05) is 40.9 Å². The standard InChI is InChI=1S/C16H15BrO2/c17-12-7-5-10-6-8-13(16(18)19)15(14(10)9-12)11-3-1-2-4-11/h5-9,11H,1-4H2,(H,18,19). The SMILES string of the molecule is O=C(O)c1ccc2ccc(Br)cc2c1C1CCCC1. The number of benzene rings is 2. The Balaban J connectivity index is 2.30. The molecular formula is C16H15BrO2. The van der Waals surface area contributed by atoms with Crippen molar-refractivity contribution in [1.29, 1.82) is 0 Å². The third-order valence-electron chi connectivity index (χ3n) is 4.02.